The molecule has 0 radical (unpaired) electrons. The quantitative estimate of drug-likeness (QED) is 0.324. The number of hydrogen-bond donors (Lipinski definition) is 0. The molecule has 1 atom stereocenters. The monoisotopic (exact) mass is 270 g/mol. The standard InChI is InChI=1S/C10H14N4O5/c1-10(2,3)19-9(17)14-5-18-8(16)6(14)4-7(15)12-13-11/h6H,4-5H2,1-3H3/t6-/m0/s1. The van der Waals surface area contributed by atoms with E-state index in [-0.39, 0.29) is 6.73 Å². The van der Waals surface area contributed by atoms with Crippen molar-refractivity contribution in [3.05, 3.63) is 10.4 Å². The molecule has 1 aliphatic heterocycles. The van der Waals surface area contributed by atoms with Gasteiger partial charge in [-0.05, 0) is 31.4 Å². The van der Waals surface area contributed by atoms with Crippen molar-refractivity contribution in [1.29, 1.82) is 0 Å². The molecule has 1 rings (SSSR count). The van der Waals surface area contributed by atoms with Gasteiger partial charge in [0.15, 0.2) is 6.73 Å². The Morgan fingerprint density at radius 1 is 1.58 bits per heavy atom. The zero-order valence-electron chi connectivity index (χ0n) is 10.8. The molecule has 1 aliphatic rings. The van der Waals surface area contributed by atoms with Gasteiger partial charge in [-0.2, -0.15) is 0 Å². The third-order valence-electron chi connectivity index (χ3n) is 2.15. The van der Waals surface area contributed by atoms with Crippen molar-refractivity contribution >= 4 is 18.0 Å². The molecule has 0 aromatic rings. The van der Waals surface area contributed by atoms with E-state index in [0.717, 1.165) is 4.90 Å². The van der Waals surface area contributed by atoms with Gasteiger partial charge >= 0.3 is 12.1 Å². The molecule has 0 aromatic carbocycles. The fourth-order valence-electron chi connectivity index (χ4n) is 1.40. The smallest absolute Gasteiger partial charge is 0.413 e. The second-order valence-electron chi connectivity index (χ2n) is 4.85. The number of carbonyl (C=O) groups is 3. The van der Waals surface area contributed by atoms with Crippen LogP contribution in [0.15, 0.2) is 5.11 Å². The van der Waals surface area contributed by atoms with Gasteiger partial charge in [-0.1, -0.05) is 0 Å². The molecule has 9 nitrogen and oxygen atoms in total. The van der Waals surface area contributed by atoms with Crippen LogP contribution < -0.4 is 0 Å². The molecule has 0 bridgehead atoms. The maximum absolute atomic E-state index is 11.8. The van der Waals surface area contributed by atoms with Gasteiger partial charge in [0.05, 0.1) is 0 Å². The molecule has 0 aliphatic carbocycles. The maximum atomic E-state index is 11.8. The highest BCUT2D eigenvalue weighted by Crippen LogP contribution is 2.19. The third kappa shape index (κ3) is 4.14. The number of hydrogen-bond acceptors (Lipinski definition) is 5. The van der Waals surface area contributed by atoms with Crippen LogP contribution in [0.5, 0.6) is 0 Å². The first-order valence-corrected chi connectivity index (χ1v) is 5.49. The highest BCUT2D eigenvalue weighted by Gasteiger charge is 2.40. The van der Waals surface area contributed by atoms with Crippen LogP contribution in [0.1, 0.15) is 27.2 Å². The van der Waals surface area contributed by atoms with Gasteiger partial charge < -0.3 is 9.47 Å². The van der Waals surface area contributed by atoms with Crippen LogP contribution in [0.25, 0.3) is 10.4 Å². The predicted molar refractivity (Wildman–Crippen MR) is 61.6 cm³/mol. The summed E-state index contributed by atoms with van der Waals surface area (Å²) in [7, 11) is 0. The summed E-state index contributed by atoms with van der Waals surface area (Å²) in [6.45, 7) is 4.72. The summed E-state index contributed by atoms with van der Waals surface area (Å²) in [5.74, 6) is -1.58. The molecule has 0 saturated carbocycles. The molecule has 0 unspecified atom stereocenters. The topological polar surface area (TPSA) is 122 Å². The number of nitrogens with zero attached hydrogens (tertiary/aromatic N) is 4. The van der Waals surface area contributed by atoms with Crippen molar-refractivity contribution in [3.63, 3.8) is 0 Å². The SMILES string of the molecule is CC(C)(C)OC(=O)N1COC(=O)[C@@H]1CC(=O)N=[N+]=[N-]. The molecule has 0 aromatic heterocycles. The molecule has 9 heteroatoms. The zero-order valence-corrected chi connectivity index (χ0v) is 10.8. The molecule has 1 heterocycles. The van der Waals surface area contributed by atoms with Gasteiger partial charge in [0.1, 0.15) is 11.6 Å². The van der Waals surface area contributed by atoms with Gasteiger partial charge in [-0.3, -0.25) is 9.69 Å². The molecular weight excluding hydrogens is 256 g/mol. The molecule has 19 heavy (non-hydrogen) atoms. The zero-order chi connectivity index (χ0) is 14.6. The normalized spacial score (nSPS) is 18.6. The number of carbonyl (C=O) groups excluding carboxylic acids is 3. The first-order chi connectivity index (χ1) is 8.74. The Hall–Kier alpha value is -2.28. The van der Waals surface area contributed by atoms with Gasteiger partial charge in [-0.25, -0.2) is 9.59 Å². The maximum Gasteiger partial charge on any atom is 0.413 e. The lowest BCUT2D eigenvalue weighted by Gasteiger charge is -2.25. The average molecular weight is 270 g/mol. The summed E-state index contributed by atoms with van der Waals surface area (Å²) in [6.07, 6.45) is -1.20. The van der Waals surface area contributed by atoms with Gasteiger partial charge in [-0.15, -0.1) is 0 Å². The Morgan fingerprint density at radius 2 is 2.21 bits per heavy atom. The Kier molecular flexibility index (Phi) is 4.34. The van der Waals surface area contributed by atoms with Crippen molar-refractivity contribution < 1.29 is 23.9 Å². The fourth-order valence-corrected chi connectivity index (χ4v) is 1.40. The van der Waals surface area contributed by atoms with Gasteiger partial charge in [0, 0.05) is 11.3 Å². The first-order valence-electron chi connectivity index (χ1n) is 5.49. The van der Waals surface area contributed by atoms with Crippen LogP contribution in [0.3, 0.4) is 0 Å². The summed E-state index contributed by atoms with van der Waals surface area (Å²) < 4.78 is 9.77. The van der Waals surface area contributed by atoms with Crippen molar-refractivity contribution in [2.24, 2.45) is 5.11 Å². The average Bonchev–Trinajstić information content (AvgIpc) is 2.58. The lowest BCUT2D eigenvalue weighted by atomic mass is 10.2. The van der Waals surface area contributed by atoms with E-state index in [1.165, 1.54) is 0 Å². The van der Waals surface area contributed by atoms with Gasteiger partial charge in [0.25, 0.3) is 0 Å². The summed E-state index contributed by atoms with van der Waals surface area (Å²) in [4.78, 5) is 37.7. The van der Waals surface area contributed by atoms with Crippen LogP contribution in [0, 0.1) is 0 Å². The molecular formula is C10H14N4O5. The molecule has 1 fully saturated rings. The van der Waals surface area contributed by atoms with E-state index in [4.69, 9.17) is 15.0 Å². The minimum Gasteiger partial charge on any atom is -0.444 e. The van der Waals surface area contributed by atoms with Crippen molar-refractivity contribution in [1.82, 2.24) is 4.90 Å². The van der Waals surface area contributed by atoms with Crippen LogP contribution in [0.2, 0.25) is 0 Å². The van der Waals surface area contributed by atoms with E-state index in [1.54, 1.807) is 20.8 Å². The van der Waals surface area contributed by atoms with Crippen molar-refractivity contribution in [3.8, 4) is 0 Å². The molecule has 2 amide bonds. The van der Waals surface area contributed by atoms with Crippen LogP contribution in [0.4, 0.5) is 4.79 Å². The van der Waals surface area contributed by atoms with Crippen molar-refractivity contribution in [2.45, 2.75) is 38.8 Å². The van der Waals surface area contributed by atoms with E-state index < -0.39 is 36.0 Å². The minimum absolute atomic E-state index is 0.290. The van der Waals surface area contributed by atoms with E-state index in [1.807, 2.05) is 0 Å². The number of azide groups is 1. The third-order valence-corrected chi connectivity index (χ3v) is 2.15. The molecule has 0 spiro atoms. The summed E-state index contributed by atoms with van der Waals surface area (Å²) in [5.41, 5.74) is 7.39. The number of rotatable bonds is 2. The highest BCUT2D eigenvalue weighted by molar-refractivity contribution is 5.89. The predicted octanol–water partition coefficient (Wildman–Crippen LogP) is 1.33. The Balaban J connectivity index is 2.76. The summed E-state index contributed by atoms with van der Waals surface area (Å²) in [5, 5.41) is 2.85. The number of ether oxygens (including phenoxy) is 2. The van der Waals surface area contributed by atoms with Crippen LogP contribution in [-0.2, 0) is 19.1 Å². The Labute approximate surface area is 109 Å². The number of esters is 1. The second kappa shape index (κ2) is 5.57. The van der Waals surface area contributed by atoms with E-state index in [2.05, 4.69) is 10.0 Å². The number of cyclic esters (lactones) is 1. The largest absolute Gasteiger partial charge is 0.444 e. The lowest BCUT2D eigenvalue weighted by Crippen LogP contribution is -2.42. The number of amides is 2. The van der Waals surface area contributed by atoms with Gasteiger partial charge in [0.2, 0.25) is 5.91 Å². The van der Waals surface area contributed by atoms with E-state index >= 15 is 0 Å². The minimum atomic E-state index is -1.12. The van der Waals surface area contributed by atoms with Crippen LogP contribution >= 0.6 is 0 Å². The Morgan fingerprint density at radius 3 is 2.74 bits per heavy atom. The molecule has 1 saturated heterocycles. The van der Waals surface area contributed by atoms with Crippen LogP contribution in [-0.4, -0.2) is 41.2 Å². The van der Waals surface area contributed by atoms with Crippen molar-refractivity contribution in [2.75, 3.05) is 6.73 Å². The fraction of sp³-hybridized carbons (Fsp3) is 0.700. The summed E-state index contributed by atoms with van der Waals surface area (Å²) >= 11 is 0. The first kappa shape index (κ1) is 14.8. The molecule has 0 N–H and O–H groups in total. The van der Waals surface area contributed by atoms with E-state index in [9.17, 15) is 14.4 Å². The highest BCUT2D eigenvalue weighted by atomic mass is 16.6. The lowest BCUT2D eigenvalue weighted by molar-refractivity contribution is -0.140. The molecule has 104 valence electrons. The van der Waals surface area contributed by atoms with E-state index in [0.29, 0.717) is 0 Å². The Bertz CT molecular complexity index is 449. The summed E-state index contributed by atoms with van der Waals surface area (Å²) in [6, 6.07) is -1.12. The second-order valence-corrected chi connectivity index (χ2v) is 4.85.